The van der Waals surface area contributed by atoms with Gasteiger partial charge in [-0.05, 0) is 39.3 Å². The van der Waals surface area contributed by atoms with Gasteiger partial charge in [0.05, 0.1) is 11.0 Å². The van der Waals surface area contributed by atoms with Crippen molar-refractivity contribution in [3.63, 3.8) is 0 Å². The number of thioether (sulfide) groups is 1. The Balaban J connectivity index is 2.41. The molecular formula is C18H28N2O2S. The van der Waals surface area contributed by atoms with Crippen LogP contribution in [0.4, 0.5) is 5.69 Å². The van der Waals surface area contributed by atoms with Gasteiger partial charge in [-0.1, -0.05) is 31.0 Å². The van der Waals surface area contributed by atoms with Crippen molar-refractivity contribution in [2.75, 3.05) is 24.2 Å². The molecule has 0 saturated heterocycles. The lowest BCUT2D eigenvalue weighted by Gasteiger charge is -2.24. The lowest BCUT2D eigenvalue weighted by atomic mass is 10.2. The van der Waals surface area contributed by atoms with E-state index in [9.17, 15) is 9.59 Å². The molecule has 0 aliphatic carbocycles. The minimum Gasteiger partial charge on any atom is -0.342 e. The minimum atomic E-state index is -0.199. The van der Waals surface area contributed by atoms with Crippen molar-refractivity contribution < 1.29 is 9.59 Å². The Morgan fingerprint density at radius 3 is 2.43 bits per heavy atom. The van der Waals surface area contributed by atoms with Crippen LogP contribution in [-0.4, -0.2) is 40.8 Å². The molecule has 23 heavy (non-hydrogen) atoms. The van der Waals surface area contributed by atoms with Crippen molar-refractivity contribution in [1.82, 2.24) is 4.90 Å². The number of anilines is 1. The number of carbonyl (C=O) groups is 2. The second-order valence-electron chi connectivity index (χ2n) is 5.64. The number of nitrogens with one attached hydrogen (secondary N) is 1. The molecule has 1 unspecified atom stereocenters. The summed E-state index contributed by atoms with van der Waals surface area (Å²) >= 11 is 1.39. The first-order chi connectivity index (χ1) is 11.0. The van der Waals surface area contributed by atoms with Gasteiger partial charge in [-0.15, -0.1) is 11.8 Å². The van der Waals surface area contributed by atoms with E-state index in [0.29, 0.717) is 0 Å². The van der Waals surface area contributed by atoms with Crippen LogP contribution < -0.4 is 5.32 Å². The summed E-state index contributed by atoms with van der Waals surface area (Å²) in [4.78, 5) is 26.2. The highest BCUT2D eigenvalue weighted by Crippen LogP contribution is 2.15. The van der Waals surface area contributed by atoms with E-state index in [-0.39, 0.29) is 22.8 Å². The van der Waals surface area contributed by atoms with E-state index in [2.05, 4.69) is 12.2 Å². The fraction of sp³-hybridized carbons (Fsp3) is 0.556. The molecule has 1 N–H and O–H groups in total. The maximum Gasteiger partial charge on any atom is 0.235 e. The maximum atomic E-state index is 12.4. The average molecular weight is 337 g/mol. The van der Waals surface area contributed by atoms with Crippen LogP contribution in [0, 0.1) is 6.92 Å². The number of carbonyl (C=O) groups excluding carboxylic acids is 2. The fourth-order valence-corrected chi connectivity index (χ4v) is 2.90. The molecule has 2 amide bonds. The lowest BCUT2D eigenvalue weighted by Crippen LogP contribution is -2.37. The summed E-state index contributed by atoms with van der Waals surface area (Å²) in [6.45, 7) is 9.51. The molecule has 0 spiro atoms. The van der Waals surface area contributed by atoms with Crippen molar-refractivity contribution >= 4 is 29.3 Å². The molecule has 0 saturated carbocycles. The molecule has 1 aromatic carbocycles. The molecule has 128 valence electrons. The minimum absolute atomic E-state index is 0.0740. The van der Waals surface area contributed by atoms with E-state index in [1.807, 2.05) is 49.9 Å². The number of rotatable bonds is 9. The molecule has 4 nitrogen and oxygen atoms in total. The maximum absolute atomic E-state index is 12.4. The topological polar surface area (TPSA) is 49.4 Å². The van der Waals surface area contributed by atoms with Crippen LogP contribution in [0.15, 0.2) is 24.3 Å². The van der Waals surface area contributed by atoms with E-state index in [1.165, 1.54) is 11.8 Å². The van der Waals surface area contributed by atoms with Crippen LogP contribution in [0.1, 0.15) is 39.2 Å². The molecule has 1 aromatic rings. The van der Waals surface area contributed by atoms with Gasteiger partial charge in [0, 0.05) is 18.8 Å². The van der Waals surface area contributed by atoms with Gasteiger partial charge in [0.15, 0.2) is 0 Å². The third kappa shape index (κ3) is 7.08. The van der Waals surface area contributed by atoms with Crippen LogP contribution in [0.25, 0.3) is 0 Å². The van der Waals surface area contributed by atoms with E-state index in [1.54, 1.807) is 0 Å². The monoisotopic (exact) mass is 336 g/mol. The van der Waals surface area contributed by atoms with E-state index >= 15 is 0 Å². The molecule has 5 heteroatoms. The average Bonchev–Trinajstić information content (AvgIpc) is 2.55. The second kappa shape index (κ2) is 10.3. The first-order valence-corrected chi connectivity index (χ1v) is 9.29. The number of hydrogen-bond acceptors (Lipinski definition) is 3. The third-order valence-corrected chi connectivity index (χ3v) is 4.75. The number of nitrogens with zero attached hydrogens (tertiary/aromatic N) is 1. The molecule has 0 fully saturated rings. The van der Waals surface area contributed by atoms with Gasteiger partial charge < -0.3 is 10.2 Å². The highest BCUT2D eigenvalue weighted by Gasteiger charge is 2.20. The molecule has 0 aromatic heterocycles. The molecule has 0 aliphatic rings. The zero-order valence-electron chi connectivity index (χ0n) is 14.6. The molecule has 0 bridgehead atoms. The first-order valence-electron chi connectivity index (χ1n) is 8.24. The smallest absolute Gasteiger partial charge is 0.235 e. The van der Waals surface area contributed by atoms with Crippen LogP contribution in [-0.2, 0) is 9.59 Å². The van der Waals surface area contributed by atoms with Crippen molar-refractivity contribution in [2.24, 2.45) is 0 Å². The Kier molecular flexibility index (Phi) is 8.77. The molecule has 1 rings (SSSR count). The van der Waals surface area contributed by atoms with E-state index in [4.69, 9.17) is 0 Å². The van der Waals surface area contributed by atoms with Crippen LogP contribution in [0.5, 0.6) is 0 Å². The molecule has 0 aliphatic heterocycles. The van der Waals surface area contributed by atoms with Crippen molar-refractivity contribution in [3.05, 3.63) is 29.8 Å². The van der Waals surface area contributed by atoms with Gasteiger partial charge in [-0.25, -0.2) is 0 Å². The highest BCUT2D eigenvalue weighted by atomic mass is 32.2. The van der Waals surface area contributed by atoms with E-state index < -0.39 is 0 Å². The molecular weight excluding hydrogens is 308 g/mol. The molecule has 0 radical (unpaired) electrons. The standard InChI is InChI=1S/C18H28N2O2S/c1-5-7-12-20(6-2)18(22)15(4)23-13-17(21)19-16-10-8-14(3)9-11-16/h8-11,15H,5-7,12-13H2,1-4H3,(H,19,21). The van der Waals surface area contributed by atoms with Crippen LogP contribution >= 0.6 is 11.8 Å². The Morgan fingerprint density at radius 2 is 1.87 bits per heavy atom. The highest BCUT2D eigenvalue weighted by molar-refractivity contribution is 8.01. The number of aryl methyl sites for hydroxylation is 1. The molecule has 1 atom stereocenters. The van der Waals surface area contributed by atoms with Gasteiger partial charge in [0.1, 0.15) is 0 Å². The molecule has 0 heterocycles. The lowest BCUT2D eigenvalue weighted by molar-refractivity contribution is -0.130. The van der Waals surface area contributed by atoms with Crippen molar-refractivity contribution in [1.29, 1.82) is 0 Å². The van der Waals surface area contributed by atoms with Gasteiger partial charge in [-0.3, -0.25) is 9.59 Å². The van der Waals surface area contributed by atoms with Crippen LogP contribution in [0.3, 0.4) is 0 Å². The Labute approximate surface area is 144 Å². The Hall–Kier alpha value is -1.49. The van der Waals surface area contributed by atoms with Gasteiger partial charge >= 0.3 is 0 Å². The van der Waals surface area contributed by atoms with E-state index in [0.717, 1.165) is 37.2 Å². The second-order valence-corrected chi connectivity index (χ2v) is 6.97. The Morgan fingerprint density at radius 1 is 1.22 bits per heavy atom. The van der Waals surface area contributed by atoms with Gasteiger partial charge in [-0.2, -0.15) is 0 Å². The van der Waals surface area contributed by atoms with Crippen molar-refractivity contribution in [2.45, 2.75) is 45.8 Å². The van der Waals surface area contributed by atoms with Gasteiger partial charge in [0.2, 0.25) is 11.8 Å². The summed E-state index contributed by atoms with van der Waals surface area (Å²) in [5, 5.41) is 2.66. The largest absolute Gasteiger partial charge is 0.342 e. The predicted molar refractivity (Wildman–Crippen MR) is 98.9 cm³/mol. The first kappa shape index (κ1) is 19.6. The van der Waals surface area contributed by atoms with Crippen molar-refractivity contribution in [3.8, 4) is 0 Å². The number of benzene rings is 1. The third-order valence-electron chi connectivity index (χ3n) is 3.62. The summed E-state index contributed by atoms with van der Waals surface area (Å²) in [6, 6.07) is 7.69. The normalized spacial score (nSPS) is 11.8. The summed E-state index contributed by atoms with van der Waals surface area (Å²) < 4.78 is 0. The number of hydrogen-bond donors (Lipinski definition) is 1. The predicted octanol–water partition coefficient (Wildman–Crippen LogP) is 3.70. The SMILES string of the molecule is CCCCN(CC)C(=O)C(C)SCC(=O)Nc1ccc(C)cc1. The fourth-order valence-electron chi connectivity index (χ4n) is 2.14. The summed E-state index contributed by atoms with van der Waals surface area (Å²) in [6.07, 6.45) is 2.09. The zero-order valence-corrected chi connectivity index (χ0v) is 15.4. The Bertz CT molecular complexity index is 502. The zero-order chi connectivity index (χ0) is 17.2. The summed E-state index contributed by atoms with van der Waals surface area (Å²) in [7, 11) is 0. The van der Waals surface area contributed by atoms with Crippen LogP contribution in [0.2, 0.25) is 0 Å². The van der Waals surface area contributed by atoms with Gasteiger partial charge in [0.25, 0.3) is 0 Å². The number of amides is 2. The summed E-state index contributed by atoms with van der Waals surface area (Å²) in [5.41, 5.74) is 1.95. The summed E-state index contributed by atoms with van der Waals surface area (Å²) in [5.74, 6) is 0.329. The number of unbranched alkanes of at least 4 members (excludes halogenated alkanes) is 1. The quantitative estimate of drug-likeness (QED) is 0.748.